The summed E-state index contributed by atoms with van der Waals surface area (Å²) in [5.74, 6) is 0.159. The summed E-state index contributed by atoms with van der Waals surface area (Å²) in [6, 6.07) is 12.5. The van der Waals surface area contributed by atoms with Crippen LogP contribution in [0, 0.1) is 18.9 Å². The Morgan fingerprint density at radius 3 is 1.23 bits per heavy atom. The number of halogens is 2. The van der Waals surface area contributed by atoms with E-state index in [0.717, 1.165) is 0 Å². The van der Waals surface area contributed by atoms with Crippen molar-refractivity contribution in [1.29, 1.82) is 0 Å². The van der Waals surface area contributed by atoms with E-state index in [4.69, 9.17) is 23.7 Å². The molecule has 0 atom stereocenters. The fourth-order valence-electron chi connectivity index (χ4n) is 1.67. The number of benzene rings is 1. The molecule has 26 heavy (non-hydrogen) atoms. The van der Waals surface area contributed by atoms with Crippen molar-refractivity contribution in [2.45, 2.75) is 0 Å². The van der Waals surface area contributed by atoms with Gasteiger partial charge in [0.15, 0.2) is 0 Å². The molecule has 0 aliphatic carbocycles. The van der Waals surface area contributed by atoms with Gasteiger partial charge >= 0.3 is 23.9 Å². The second-order valence-corrected chi connectivity index (χ2v) is 4.93. The van der Waals surface area contributed by atoms with Gasteiger partial charge in [-0.3, -0.25) is 0 Å². The van der Waals surface area contributed by atoms with Crippen molar-refractivity contribution in [1.82, 2.24) is 0 Å². The zero-order chi connectivity index (χ0) is 16.4. The van der Waals surface area contributed by atoms with Crippen LogP contribution in [0.1, 0.15) is 0 Å². The van der Waals surface area contributed by atoms with Crippen LogP contribution in [-0.2, 0) is 23.7 Å². The maximum absolute atomic E-state index is 5.41. The van der Waals surface area contributed by atoms with Crippen LogP contribution in [0.3, 0.4) is 0 Å². The second kappa shape index (κ2) is 25.4. The van der Waals surface area contributed by atoms with Crippen molar-refractivity contribution >= 4 is 23.9 Å². The second-order valence-electron chi connectivity index (χ2n) is 4.93. The van der Waals surface area contributed by atoms with Crippen LogP contribution in [0.5, 0.6) is 0 Å². The molecule has 1 aromatic rings. The molecule has 148 valence electrons. The maximum atomic E-state index is 5.41. The first-order valence-corrected chi connectivity index (χ1v) is 8.02. The van der Waals surface area contributed by atoms with Gasteiger partial charge in [-0.2, -0.15) is 0 Å². The van der Waals surface area contributed by atoms with Crippen LogP contribution >= 0.6 is 0 Å². The molecule has 2 rings (SSSR count). The molecule has 1 aromatic carbocycles. The van der Waals surface area contributed by atoms with Crippen LogP contribution in [0.25, 0.3) is 0 Å². The van der Waals surface area contributed by atoms with E-state index < -0.39 is 0 Å². The molecule has 1 fully saturated rings. The molecule has 5 nitrogen and oxygen atoms in total. The third kappa shape index (κ3) is 22.4. The largest absolute Gasteiger partial charge is 2.00 e. The number of ether oxygens (including phenoxy) is 5. The van der Waals surface area contributed by atoms with Crippen molar-refractivity contribution in [3.8, 4) is 0 Å². The van der Waals surface area contributed by atoms with Crippen molar-refractivity contribution in [3.05, 3.63) is 43.3 Å². The van der Waals surface area contributed by atoms with E-state index in [9.17, 15) is 0 Å². The summed E-state index contributed by atoms with van der Waals surface area (Å²) < 4.78 is 26.8. The van der Waals surface area contributed by atoms with E-state index in [1.165, 1.54) is 0 Å². The molecular weight excluding hydrogens is 486 g/mol. The quantitative estimate of drug-likeness (QED) is 0.328. The third-order valence-corrected chi connectivity index (χ3v) is 2.80. The fourth-order valence-corrected chi connectivity index (χ4v) is 1.67. The van der Waals surface area contributed by atoms with Gasteiger partial charge in [-0.1, -0.05) is 30.3 Å². The van der Waals surface area contributed by atoms with Crippen LogP contribution in [0.15, 0.2) is 30.3 Å². The van der Waals surface area contributed by atoms with Crippen molar-refractivity contribution in [2.75, 3.05) is 66.1 Å². The normalized spacial score (nSPS) is 17.9. The average Bonchev–Trinajstić information content (AvgIpc) is 2.59. The molecule has 0 saturated carbocycles. The van der Waals surface area contributed by atoms with Crippen LogP contribution in [0.4, 0.5) is 0 Å². The van der Waals surface area contributed by atoms with Gasteiger partial charge in [-0.25, -0.2) is 0 Å². The summed E-state index contributed by atoms with van der Waals surface area (Å²) in [7, 11) is 0. The van der Waals surface area contributed by atoms with E-state index in [2.05, 4.69) is 13.0 Å². The molecule has 0 spiro atoms. The molecule has 1 aliphatic rings. The van der Waals surface area contributed by atoms with E-state index in [-0.39, 0.29) is 54.6 Å². The monoisotopic (exact) mass is 514 g/mol. The van der Waals surface area contributed by atoms with E-state index in [1.807, 2.05) is 30.3 Å². The Hall–Kier alpha value is 0.399. The molecule has 0 bridgehead atoms. The van der Waals surface area contributed by atoms with Gasteiger partial charge in [-0.15, -0.1) is 0 Å². The maximum Gasteiger partial charge on any atom is 2.00 e. The summed E-state index contributed by atoms with van der Waals surface area (Å²) in [6.45, 7) is 9.90. The summed E-state index contributed by atoms with van der Waals surface area (Å²) in [4.78, 5) is 0. The summed E-state index contributed by atoms with van der Waals surface area (Å²) in [6.07, 6.45) is 0. The molecule has 1 aliphatic heterocycles. The molecule has 1 saturated heterocycles. The standard InChI is InChI=1S/C12H23O5.C6H5.2ClH.Sn/c1-12-10-16-8-6-14-4-2-13-3-5-15-7-9-17-11-12;1-2-4-6-5-3-1;;;/h12H,1-11H2;1-5H;2*1H;/q;;;;+2/p-2. The molecule has 8 heteroatoms. The van der Waals surface area contributed by atoms with E-state index in [0.29, 0.717) is 66.1 Å². The fraction of sp³-hybridized carbons (Fsp3) is 0.611. The molecule has 0 aromatic heterocycles. The predicted octanol–water partition coefficient (Wildman–Crippen LogP) is -4.35. The Morgan fingerprint density at radius 1 is 0.615 bits per heavy atom. The number of hydrogen-bond donors (Lipinski definition) is 0. The predicted molar refractivity (Wildman–Crippen MR) is 94.0 cm³/mol. The van der Waals surface area contributed by atoms with E-state index in [1.54, 1.807) is 0 Å². The van der Waals surface area contributed by atoms with E-state index >= 15 is 0 Å². The Labute approximate surface area is 187 Å². The van der Waals surface area contributed by atoms with Gasteiger partial charge in [0.05, 0.1) is 66.1 Å². The summed E-state index contributed by atoms with van der Waals surface area (Å²) in [5.41, 5.74) is 0. The summed E-state index contributed by atoms with van der Waals surface area (Å²) >= 11 is 0. The van der Waals surface area contributed by atoms with Crippen LogP contribution in [-0.4, -0.2) is 90.0 Å². The molecular formula is C18H28Cl2O5Sn. The van der Waals surface area contributed by atoms with Gasteiger partial charge in [0.2, 0.25) is 0 Å². The van der Waals surface area contributed by atoms with Crippen molar-refractivity contribution in [3.63, 3.8) is 0 Å². The zero-order valence-electron chi connectivity index (χ0n) is 15.0. The minimum Gasteiger partial charge on any atom is -1.00 e. The summed E-state index contributed by atoms with van der Waals surface area (Å²) in [5, 5.41) is 0. The number of rotatable bonds is 0. The smallest absolute Gasteiger partial charge is 1.00 e. The Kier molecular flexibility index (Phi) is 30.4. The van der Waals surface area contributed by atoms with Gasteiger partial charge in [-0.05, 0) is 13.0 Å². The molecule has 0 unspecified atom stereocenters. The average molecular weight is 514 g/mol. The molecule has 0 amide bonds. The van der Waals surface area contributed by atoms with Gasteiger partial charge < -0.3 is 48.5 Å². The van der Waals surface area contributed by atoms with Gasteiger partial charge in [0.1, 0.15) is 0 Å². The van der Waals surface area contributed by atoms with Gasteiger partial charge in [0, 0.05) is 5.92 Å². The Bertz CT molecular complexity index is 307. The zero-order valence-corrected chi connectivity index (χ0v) is 19.4. The Morgan fingerprint density at radius 2 is 0.962 bits per heavy atom. The number of hydrogen-bond acceptors (Lipinski definition) is 5. The third-order valence-electron chi connectivity index (χ3n) is 2.80. The minimum atomic E-state index is 0. The SMILES string of the molecule is [CH2]C1COCCOCCOCCOCCOC1.[Cl-].[Cl-].[Sn+2].[c]1ccccc1. The van der Waals surface area contributed by atoms with Crippen molar-refractivity contribution < 1.29 is 48.5 Å². The first kappa shape index (κ1) is 31.1. The molecule has 0 N–H and O–H groups in total. The Balaban J connectivity index is -0.000000503. The van der Waals surface area contributed by atoms with Crippen LogP contribution < -0.4 is 24.8 Å². The van der Waals surface area contributed by atoms with Gasteiger partial charge in [0.25, 0.3) is 0 Å². The van der Waals surface area contributed by atoms with Crippen LogP contribution in [0.2, 0.25) is 0 Å². The minimum absolute atomic E-state index is 0. The first-order valence-electron chi connectivity index (χ1n) is 8.02. The molecule has 4 radical (unpaired) electrons. The molecule has 1 heterocycles. The topological polar surface area (TPSA) is 46.2 Å². The van der Waals surface area contributed by atoms with Crippen molar-refractivity contribution in [2.24, 2.45) is 5.92 Å². The first-order chi connectivity index (χ1) is 11.4.